The van der Waals surface area contributed by atoms with Crippen LogP contribution in [0.2, 0.25) is 0 Å². The minimum absolute atomic E-state index is 0. The van der Waals surface area contributed by atoms with E-state index in [2.05, 4.69) is 0 Å². The van der Waals surface area contributed by atoms with Crippen LogP contribution in [0.1, 0.15) is 44.9 Å². The Labute approximate surface area is 120 Å². The van der Waals surface area contributed by atoms with Gasteiger partial charge in [-0.2, -0.15) is 0 Å². The Kier molecular flexibility index (Phi) is 5.62. The van der Waals surface area contributed by atoms with Gasteiger partial charge >= 0.3 is 0 Å². The van der Waals surface area contributed by atoms with Gasteiger partial charge in [0.2, 0.25) is 11.8 Å². The fourth-order valence-corrected chi connectivity index (χ4v) is 3.11. The topological polar surface area (TPSA) is 89.4 Å². The van der Waals surface area contributed by atoms with Crippen molar-refractivity contribution in [2.75, 3.05) is 13.1 Å². The Morgan fingerprint density at radius 2 is 1.74 bits per heavy atom. The van der Waals surface area contributed by atoms with Crippen molar-refractivity contribution >= 4 is 24.2 Å². The molecule has 1 aliphatic carbocycles. The zero-order valence-electron chi connectivity index (χ0n) is 11.3. The van der Waals surface area contributed by atoms with Crippen molar-refractivity contribution < 1.29 is 9.59 Å². The van der Waals surface area contributed by atoms with Crippen molar-refractivity contribution in [2.24, 2.45) is 17.4 Å². The maximum atomic E-state index is 12.5. The molecule has 1 saturated heterocycles. The van der Waals surface area contributed by atoms with Gasteiger partial charge in [0.1, 0.15) is 0 Å². The fourth-order valence-electron chi connectivity index (χ4n) is 3.11. The fraction of sp³-hybridized carbons (Fsp3) is 0.846. The first-order chi connectivity index (χ1) is 8.53. The van der Waals surface area contributed by atoms with E-state index in [1.807, 2.05) is 0 Å². The van der Waals surface area contributed by atoms with Crippen LogP contribution in [0, 0.1) is 5.92 Å². The number of piperidine rings is 1. The molecule has 5 nitrogen and oxygen atoms in total. The first-order valence-electron chi connectivity index (χ1n) is 6.90. The SMILES string of the molecule is Cl.NC(=O)C1CCCN(C(=O)C2(N)CCCCC2)C1. The number of carbonyl (C=O) groups is 2. The second-order valence-electron chi connectivity index (χ2n) is 5.71. The Bertz CT molecular complexity index is 343. The highest BCUT2D eigenvalue weighted by atomic mass is 35.5. The van der Waals surface area contributed by atoms with E-state index < -0.39 is 5.54 Å². The van der Waals surface area contributed by atoms with Crippen LogP contribution in [0.5, 0.6) is 0 Å². The summed E-state index contributed by atoms with van der Waals surface area (Å²) in [4.78, 5) is 25.5. The molecule has 2 rings (SSSR count). The lowest BCUT2D eigenvalue weighted by Gasteiger charge is -2.39. The first-order valence-corrected chi connectivity index (χ1v) is 6.90. The Balaban J connectivity index is 0.00000180. The highest BCUT2D eigenvalue weighted by molar-refractivity contribution is 5.87. The zero-order chi connectivity index (χ0) is 13.2. The van der Waals surface area contributed by atoms with E-state index in [-0.39, 0.29) is 30.1 Å². The number of nitrogens with zero attached hydrogens (tertiary/aromatic N) is 1. The van der Waals surface area contributed by atoms with Gasteiger partial charge in [0.25, 0.3) is 0 Å². The number of hydrogen-bond acceptors (Lipinski definition) is 3. The van der Waals surface area contributed by atoms with Crippen LogP contribution in [0.3, 0.4) is 0 Å². The summed E-state index contributed by atoms with van der Waals surface area (Å²) >= 11 is 0. The average molecular weight is 290 g/mol. The molecule has 0 aromatic heterocycles. The molecular formula is C13H24ClN3O2. The van der Waals surface area contributed by atoms with E-state index >= 15 is 0 Å². The summed E-state index contributed by atoms with van der Waals surface area (Å²) in [7, 11) is 0. The van der Waals surface area contributed by atoms with E-state index in [4.69, 9.17) is 11.5 Å². The van der Waals surface area contributed by atoms with Gasteiger partial charge in [-0.3, -0.25) is 9.59 Å². The molecule has 1 saturated carbocycles. The number of hydrogen-bond donors (Lipinski definition) is 2. The predicted octanol–water partition coefficient (Wildman–Crippen LogP) is 0.794. The van der Waals surface area contributed by atoms with Crippen molar-refractivity contribution in [3.05, 3.63) is 0 Å². The van der Waals surface area contributed by atoms with Gasteiger partial charge in [0.15, 0.2) is 0 Å². The molecule has 1 heterocycles. The monoisotopic (exact) mass is 289 g/mol. The maximum absolute atomic E-state index is 12.5. The largest absolute Gasteiger partial charge is 0.369 e. The molecule has 1 aliphatic heterocycles. The van der Waals surface area contributed by atoms with Crippen molar-refractivity contribution in [3.63, 3.8) is 0 Å². The molecular weight excluding hydrogens is 266 g/mol. The Hall–Kier alpha value is -0.810. The molecule has 6 heteroatoms. The lowest BCUT2D eigenvalue weighted by atomic mass is 9.81. The molecule has 1 atom stereocenters. The summed E-state index contributed by atoms with van der Waals surface area (Å²) < 4.78 is 0. The predicted molar refractivity (Wildman–Crippen MR) is 75.7 cm³/mol. The molecule has 0 bridgehead atoms. The lowest BCUT2D eigenvalue weighted by Crippen LogP contribution is -2.58. The van der Waals surface area contributed by atoms with Crippen molar-refractivity contribution in [3.8, 4) is 0 Å². The molecule has 0 radical (unpaired) electrons. The van der Waals surface area contributed by atoms with Crippen LogP contribution < -0.4 is 11.5 Å². The molecule has 2 aliphatic rings. The van der Waals surface area contributed by atoms with Crippen LogP contribution in [0.4, 0.5) is 0 Å². The van der Waals surface area contributed by atoms with Crippen LogP contribution in [0.15, 0.2) is 0 Å². The van der Waals surface area contributed by atoms with Crippen molar-refractivity contribution in [2.45, 2.75) is 50.5 Å². The number of rotatable bonds is 2. The number of nitrogens with two attached hydrogens (primary N) is 2. The van der Waals surface area contributed by atoms with Crippen LogP contribution >= 0.6 is 12.4 Å². The van der Waals surface area contributed by atoms with E-state index in [0.29, 0.717) is 13.1 Å². The number of halogens is 1. The minimum Gasteiger partial charge on any atom is -0.369 e. The molecule has 1 unspecified atom stereocenters. The van der Waals surface area contributed by atoms with Crippen LogP contribution in [-0.2, 0) is 9.59 Å². The van der Waals surface area contributed by atoms with E-state index in [1.54, 1.807) is 4.90 Å². The van der Waals surface area contributed by atoms with E-state index in [1.165, 1.54) is 0 Å². The van der Waals surface area contributed by atoms with Gasteiger partial charge < -0.3 is 16.4 Å². The van der Waals surface area contributed by atoms with Gasteiger partial charge in [0.05, 0.1) is 11.5 Å². The smallest absolute Gasteiger partial charge is 0.242 e. The minimum atomic E-state index is -0.697. The maximum Gasteiger partial charge on any atom is 0.242 e. The third kappa shape index (κ3) is 3.60. The third-order valence-electron chi connectivity index (χ3n) is 4.28. The summed E-state index contributed by atoms with van der Waals surface area (Å²) in [5.74, 6) is -0.481. The molecule has 0 spiro atoms. The van der Waals surface area contributed by atoms with E-state index in [0.717, 1.165) is 44.9 Å². The molecule has 19 heavy (non-hydrogen) atoms. The summed E-state index contributed by atoms with van der Waals surface area (Å²) in [6, 6.07) is 0. The first kappa shape index (κ1) is 16.2. The van der Waals surface area contributed by atoms with Crippen molar-refractivity contribution in [1.82, 2.24) is 4.90 Å². The highest BCUT2D eigenvalue weighted by Crippen LogP contribution is 2.29. The van der Waals surface area contributed by atoms with Gasteiger partial charge in [-0.1, -0.05) is 19.3 Å². The van der Waals surface area contributed by atoms with Gasteiger partial charge in [-0.25, -0.2) is 0 Å². The standard InChI is InChI=1S/C13H23N3O2.ClH/c14-11(17)10-5-4-8-16(9-10)12(18)13(15)6-2-1-3-7-13;/h10H,1-9,15H2,(H2,14,17);1H. The van der Waals surface area contributed by atoms with Gasteiger partial charge in [0, 0.05) is 13.1 Å². The molecule has 2 amide bonds. The highest BCUT2D eigenvalue weighted by Gasteiger charge is 2.40. The third-order valence-corrected chi connectivity index (χ3v) is 4.28. The average Bonchev–Trinajstić information content (AvgIpc) is 2.39. The Morgan fingerprint density at radius 3 is 2.32 bits per heavy atom. The summed E-state index contributed by atoms with van der Waals surface area (Å²) in [5, 5.41) is 0. The zero-order valence-corrected chi connectivity index (χ0v) is 12.1. The van der Waals surface area contributed by atoms with E-state index in [9.17, 15) is 9.59 Å². The van der Waals surface area contributed by atoms with Crippen LogP contribution in [0.25, 0.3) is 0 Å². The summed E-state index contributed by atoms with van der Waals surface area (Å²) in [6.07, 6.45) is 6.38. The molecule has 0 aromatic carbocycles. The van der Waals surface area contributed by atoms with Gasteiger partial charge in [-0.05, 0) is 25.7 Å². The Morgan fingerprint density at radius 1 is 1.11 bits per heavy atom. The number of likely N-dealkylation sites (tertiary alicyclic amines) is 1. The normalized spacial score (nSPS) is 26.4. The number of primary amides is 1. The molecule has 2 fully saturated rings. The second-order valence-corrected chi connectivity index (χ2v) is 5.71. The molecule has 4 N–H and O–H groups in total. The lowest BCUT2D eigenvalue weighted by molar-refractivity contribution is -0.141. The quantitative estimate of drug-likeness (QED) is 0.788. The summed E-state index contributed by atoms with van der Waals surface area (Å²) in [5.41, 5.74) is 10.9. The second kappa shape index (κ2) is 6.57. The van der Waals surface area contributed by atoms with Crippen LogP contribution in [-0.4, -0.2) is 35.3 Å². The number of amides is 2. The van der Waals surface area contributed by atoms with Gasteiger partial charge in [-0.15, -0.1) is 12.4 Å². The summed E-state index contributed by atoms with van der Waals surface area (Å²) in [6.45, 7) is 1.16. The van der Waals surface area contributed by atoms with Crippen molar-refractivity contribution in [1.29, 1.82) is 0 Å². The molecule has 110 valence electrons. The number of carbonyl (C=O) groups excluding carboxylic acids is 2. The molecule has 0 aromatic rings.